The summed E-state index contributed by atoms with van der Waals surface area (Å²) in [6, 6.07) is 11.3. The summed E-state index contributed by atoms with van der Waals surface area (Å²) in [4.78, 5) is 27.4. The molecule has 0 bridgehead atoms. The number of sulfonamides is 1. The van der Waals surface area contributed by atoms with Crippen LogP contribution in [0.5, 0.6) is 0 Å². The molecule has 2 atom stereocenters. The van der Waals surface area contributed by atoms with Crippen molar-refractivity contribution in [2.45, 2.75) is 63.2 Å². The Balaban J connectivity index is 1.36. The number of nitrogens with one attached hydrogen (secondary N) is 2. The molecule has 45 heavy (non-hydrogen) atoms. The highest BCUT2D eigenvalue weighted by atomic mass is 35.5. The predicted octanol–water partition coefficient (Wildman–Crippen LogP) is 6.61. The summed E-state index contributed by atoms with van der Waals surface area (Å²) in [5.74, 6) is -0.533. The van der Waals surface area contributed by atoms with Gasteiger partial charge < -0.3 is 15.0 Å². The molecule has 5 rings (SSSR count). The molecule has 1 saturated heterocycles. The van der Waals surface area contributed by atoms with Crippen molar-refractivity contribution in [3.8, 4) is 11.3 Å². The van der Waals surface area contributed by atoms with E-state index in [-0.39, 0.29) is 41.1 Å². The first-order valence-corrected chi connectivity index (χ1v) is 16.2. The maximum absolute atomic E-state index is 15.2. The molecule has 1 amide bonds. The van der Waals surface area contributed by atoms with Crippen LogP contribution in [0.1, 0.15) is 39.7 Å². The summed E-state index contributed by atoms with van der Waals surface area (Å²) in [6.45, 7) is 7.38. The number of nitrogens with zero attached hydrogens (tertiary/aromatic N) is 4. The van der Waals surface area contributed by atoms with E-state index >= 15 is 4.39 Å². The van der Waals surface area contributed by atoms with Crippen molar-refractivity contribution in [1.82, 2.24) is 19.9 Å². The van der Waals surface area contributed by atoms with E-state index in [1.54, 1.807) is 39.0 Å². The summed E-state index contributed by atoms with van der Waals surface area (Å²) >= 11 is 6.03. The zero-order valence-electron chi connectivity index (χ0n) is 25.1. The van der Waals surface area contributed by atoms with Gasteiger partial charge in [0.15, 0.2) is 0 Å². The van der Waals surface area contributed by atoms with E-state index in [4.69, 9.17) is 16.3 Å². The monoisotopic (exact) mass is 658 g/mol. The number of halogens is 3. The van der Waals surface area contributed by atoms with Gasteiger partial charge in [0.2, 0.25) is 5.95 Å². The Labute approximate surface area is 265 Å². The topological polar surface area (TPSA) is 126 Å². The van der Waals surface area contributed by atoms with Gasteiger partial charge in [-0.2, -0.15) is 0 Å². The Morgan fingerprint density at radius 2 is 1.89 bits per heavy atom. The molecule has 1 aliphatic heterocycles. The average Bonchev–Trinajstić information content (AvgIpc) is 2.96. The standard InChI is InChI=1S/C31H33ClF2N6O4S/c1-5-18-13-25(19-10-11-24(23(34)12-19)39-45(42,43)27-9-7-6-8-22(27)32)37-26-15-35-29(38-28(18)26)36-21-14-20(33)16-40(17-21)30(41)44-31(2,3)4/h6-13,15,20-21,39H,5,14,16-17H2,1-4H3,(H,35,36,38)/t20-,21-/m0/s1. The van der Waals surface area contributed by atoms with E-state index in [0.717, 1.165) is 5.56 Å². The summed E-state index contributed by atoms with van der Waals surface area (Å²) in [5, 5.41) is 3.16. The third-order valence-electron chi connectivity index (χ3n) is 7.03. The Hall–Kier alpha value is -4.10. The predicted molar refractivity (Wildman–Crippen MR) is 169 cm³/mol. The minimum atomic E-state index is -4.12. The van der Waals surface area contributed by atoms with E-state index in [2.05, 4.69) is 25.0 Å². The first kappa shape index (κ1) is 32.3. The minimum absolute atomic E-state index is 0.0168. The third-order valence-corrected chi connectivity index (χ3v) is 8.89. The second kappa shape index (κ2) is 12.7. The number of likely N-dealkylation sites (tertiary alicyclic amines) is 1. The van der Waals surface area contributed by atoms with Crippen molar-refractivity contribution in [2.24, 2.45) is 0 Å². The van der Waals surface area contributed by atoms with Crippen molar-refractivity contribution in [3.05, 3.63) is 71.1 Å². The van der Waals surface area contributed by atoms with Gasteiger partial charge in [0.25, 0.3) is 10.0 Å². The van der Waals surface area contributed by atoms with E-state index in [1.165, 1.54) is 41.4 Å². The lowest BCUT2D eigenvalue weighted by Crippen LogP contribution is -2.51. The molecule has 4 aromatic rings. The maximum atomic E-state index is 15.2. The van der Waals surface area contributed by atoms with E-state index < -0.39 is 39.7 Å². The first-order chi connectivity index (χ1) is 21.2. The molecule has 14 heteroatoms. The number of benzene rings is 2. The van der Waals surface area contributed by atoms with E-state index in [9.17, 15) is 17.6 Å². The van der Waals surface area contributed by atoms with Gasteiger partial charge >= 0.3 is 6.09 Å². The lowest BCUT2D eigenvalue weighted by molar-refractivity contribution is 0.0124. The summed E-state index contributed by atoms with van der Waals surface area (Å²) in [7, 11) is -4.12. The molecule has 10 nitrogen and oxygen atoms in total. The smallest absolute Gasteiger partial charge is 0.410 e. The van der Waals surface area contributed by atoms with Gasteiger partial charge in [0.1, 0.15) is 28.0 Å². The van der Waals surface area contributed by atoms with Crippen LogP contribution in [0.3, 0.4) is 0 Å². The minimum Gasteiger partial charge on any atom is -0.444 e. The van der Waals surface area contributed by atoms with Gasteiger partial charge in [-0.3, -0.25) is 4.72 Å². The van der Waals surface area contributed by atoms with Crippen LogP contribution in [0.4, 0.5) is 25.2 Å². The highest BCUT2D eigenvalue weighted by molar-refractivity contribution is 7.92. The average molecular weight is 659 g/mol. The molecular formula is C31H33ClF2N6O4S. The van der Waals surface area contributed by atoms with Crippen LogP contribution in [0.15, 0.2) is 59.6 Å². The zero-order valence-corrected chi connectivity index (χ0v) is 26.7. The number of piperidine rings is 1. The number of ether oxygens (including phenoxy) is 1. The molecule has 2 N–H and O–H groups in total. The first-order valence-electron chi connectivity index (χ1n) is 14.3. The van der Waals surface area contributed by atoms with Gasteiger partial charge in [-0.25, -0.2) is 36.9 Å². The van der Waals surface area contributed by atoms with Crippen molar-refractivity contribution >= 4 is 50.4 Å². The van der Waals surface area contributed by atoms with Crippen molar-refractivity contribution in [2.75, 3.05) is 23.1 Å². The number of hydrogen-bond donors (Lipinski definition) is 2. The normalized spacial score (nSPS) is 17.3. The van der Waals surface area contributed by atoms with Crippen molar-refractivity contribution < 1.29 is 26.7 Å². The van der Waals surface area contributed by atoms with Gasteiger partial charge in [0.05, 0.1) is 34.7 Å². The fraction of sp³-hybridized carbons (Fsp3) is 0.355. The number of aryl methyl sites for hydroxylation is 1. The van der Waals surface area contributed by atoms with Crippen molar-refractivity contribution in [3.63, 3.8) is 0 Å². The number of carbonyl (C=O) groups excluding carboxylic acids is 1. The molecule has 2 aromatic heterocycles. The number of fused-ring (bicyclic) bond motifs is 1. The number of alkyl halides is 1. The summed E-state index contributed by atoms with van der Waals surface area (Å²) in [5.41, 5.74) is 1.77. The number of carbonyl (C=O) groups is 1. The van der Waals surface area contributed by atoms with Crippen LogP contribution in [0.2, 0.25) is 5.02 Å². The number of amides is 1. The van der Waals surface area contributed by atoms with Crippen LogP contribution < -0.4 is 10.0 Å². The molecule has 1 fully saturated rings. The van der Waals surface area contributed by atoms with E-state index in [1.807, 2.05) is 6.92 Å². The Kier molecular flexibility index (Phi) is 9.13. The number of hydrogen-bond acceptors (Lipinski definition) is 8. The van der Waals surface area contributed by atoms with E-state index in [0.29, 0.717) is 28.7 Å². The van der Waals surface area contributed by atoms with Gasteiger partial charge in [-0.15, -0.1) is 0 Å². The second-order valence-corrected chi connectivity index (χ2v) is 13.8. The molecule has 0 unspecified atom stereocenters. The van der Waals surface area contributed by atoms with Crippen LogP contribution in [-0.4, -0.2) is 65.3 Å². The molecule has 238 valence electrons. The molecule has 0 radical (unpaired) electrons. The molecule has 0 saturated carbocycles. The van der Waals surface area contributed by atoms with Crippen molar-refractivity contribution in [1.29, 1.82) is 0 Å². The molecule has 0 aliphatic carbocycles. The highest BCUT2D eigenvalue weighted by Gasteiger charge is 2.33. The SMILES string of the molecule is CCc1cc(-c2ccc(NS(=O)(=O)c3ccccc3Cl)c(F)c2)nc2cnc(N[C@H]3C[C@H](F)CN(C(=O)OC(C)(C)C)C3)nc12. The highest BCUT2D eigenvalue weighted by Crippen LogP contribution is 2.30. The summed E-state index contributed by atoms with van der Waals surface area (Å²) in [6.07, 6.45) is 0.455. The lowest BCUT2D eigenvalue weighted by Gasteiger charge is -2.36. The fourth-order valence-electron chi connectivity index (χ4n) is 5.00. The number of anilines is 2. The van der Waals surface area contributed by atoms with Gasteiger partial charge in [0, 0.05) is 24.6 Å². The van der Waals surface area contributed by atoms with Gasteiger partial charge in [-0.1, -0.05) is 36.7 Å². The maximum Gasteiger partial charge on any atom is 0.410 e. The number of aromatic nitrogens is 3. The molecule has 1 aliphatic rings. The van der Waals surface area contributed by atoms with Gasteiger partial charge in [-0.05, 0) is 63.1 Å². The Morgan fingerprint density at radius 3 is 2.58 bits per heavy atom. The Morgan fingerprint density at radius 1 is 1.13 bits per heavy atom. The molecule has 3 heterocycles. The zero-order chi connectivity index (χ0) is 32.5. The number of rotatable bonds is 7. The molecule has 0 spiro atoms. The third kappa shape index (κ3) is 7.59. The molecule has 2 aromatic carbocycles. The quantitative estimate of drug-likeness (QED) is 0.227. The number of pyridine rings is 1. The largest absolute Gasteiger partial charge is 0.444 e. The van der Waals surface area contributed by atoms with Crippen LogP contribution in [0.25, 0.3) is 22.3 Å². The Bertz CT molecular complexity index is 1850. The van der Waals surface area contributed by atoms with Crippen LogP contribution in [-0.2, 0) is 21.2 Å². The summed E-state index contributed by atoms with van der Waals surface area (Å²) < 4.78 is 63.0. The fourth-order valence-corrected chi connectivity index (χ4v) is 6.58. The van der Waals surface area contributed by atoms with Crippen LogP contribution >= 0.6 is 11.6 Å². The lowest BCUT2D eigenvalue weighted by atomic mass is 10.0. The molecular weight excluding hydrogens is 626 g/mol. The second-order valence-electron chi connectivity index (χ2n) is 11.7. The van der Waals surface area contributed by atoms with Crippen LogP contribution in [0, 0.1) is 5.82 Å².